The zero-order valence-corrected chi connectivity index (χ0v) is 15.7. The highest BCUT2D eigenvalue weighted by atomic mass is 32.2. The molecular formula is C15H30N2O5S. The van der Waals surface area contributed by atoms with E-state index in [2.05, 4.69) is 5.32 Å². The summed E-state index contributed by atoms with van der Waals surface area (Å²) in [6.45, 7) is 11.0. The van der Waals surface area contributed by atoms with E-state index < -0.39 is 33.4 Å². The van der Waals surface area contributed by atoms with E-state index in [0.717, 1.165) is 0 Å². The quantitative estimate of drug-likeness (QED) is 0.653. The maximum absolute atomic E-state index is 12.2. The third kappa shape index (κ3) is 11.9. The van der Waals surface area contributed by atoms with Gasteiger partial charge in [0.15, 0.2) is 0 Å². The highest BCUT2D eigenvalue weighted by Gasteiger charge is 2.25. The van der Waals surface area contributed by atoms with Gasteiger partial charge >= 0.3 is 12.1 Å². The largest absolute Gasteiger partial charge is 0.480 e. The Morgan fingerprint density at radius 1 is 1.17 bits per heavy atom. The molecule has 1 unspecified atom stereocenters. The van der Waals surface area contributed by atoms with Gasteiger partial charge in [-0.3, -0.25) is 4.78 Å². The molecule has 0 saturated carbocycles. The monoisotopic (exact) mass is 350 g/mol. The van der Waals surface area contributed by atoms with Crippen LogP contribution < -0.4 is 5.32 Å². The molecule has 0 rings (SSSR count). The first-order chi connectivity index (χ1) is 10.1. The molecule has 0 aliphatic heterocycles. The number of nitrogens with one attached hydrogen (secondary N) is 2. The molecular weight excluding hydrogens is 320 g/mol. The van der Waals surface area contributed by atoms with Crippen molar-refractivity contribution in [1.82, 2.24) is 5.32 Å². The van der Waals surface area contributed by atoms with Crippen LogP contribution in [0.3, 0.4) is 0 Å². The second-order valence-corrected chi connectivity index (χ2v) is 10.3. The van der Waals surface area contributed by atoms with Crippen molar-refractivity contribution in [3.63, 3.8) is 0 Å². The van der Waals surface area contributed by atoms with E-state index in [4.69, 9.17) is 14.6 Å². The van der Waals surface area contributed by atoms with Crippen molar-refractivity contribution in [3.8, 4) is 0 Å². The van der Waals surface area contributed by atoms with Crippen LogP contribution in [0.25, 0.3) is 0 Å². The van der Waals surface area contributed by atoms with Crippen molar-refractivity contribution in [2.24, 2.45) is 5.41 Å². The summed E-state index contributed by atoms with van der Waals surface area (Å²) in [5, 5.41) is 11.4. The van der Waals surface area contributed by atoms with Gasteiger partial charge in [0.2, 0.25) is 0 Å². The van der Waals surface area contributed by atoms with E-state index in [0.29, 0.717) is 6.42 Å². The van der Waals surface area contributed by atoms with E-state index in [-0.39, 0.29) is 23.3 Å². The molecule has 0 fully saturated rings. The first-order valence-electron chi connectivity index (χ1n) is 7.58. The van der Waals surface area contributed by atoms with Gasteiger partial charge in [0, 0.05) is 21.2 Å². The van der Waals surface area contributed by atoms with Crippen molar-refractivity contribution in [2.75, 3.05) is 11.5 Å². The molecule has 0 aromatic heterocycles. The van der Waals surface area contributed by atoms with Crippen molar-refractivity contribution >= 4 is 21.8 Å². The first-order valence-corrected chi connectivity index (χ1v) is 9.47. The topological polar surface area (TPSA) is 117 Å². The summed E-state index contributed by atoms with van der Waals surface area (Å²) in [5.74, 6) is -1.09. The molecule has 23 heavy (non-hydrogen) atoms. The molecule has 0 bridgehead atoms. The van der Waals surface area contributed by atoms with Crippen LogP contribution in [-0.4, -0.2) is 44.5 Å². The molecule has 3 N–H and O–H groups in total. The summed E-state index contributed by atoms with van der Waals surface area (Å²) < 4.78 is 25.1. The number of carbonyl (C=O) groups excluding carboxylic acids is 1. The number of hydrogen-bond acceptors (Lipinski definition) is 5. The first kappa shape index (κ1) is 21.7. The van der Waals surface area contributed by atoms with E-state index in [1.54, 1.807) is 20.8 Å². The Kier molecular flexibility index (Phi) is 7.53. The Morgan fingerprint density at radius 3 is 2.09 bits per heavy atom. The molecule has 0 radical (unpaired) electrons. The van der Waals surface area contributed by atoms with E-state index in [1.807, 2.05) is 20.8 Å². The number of alkyl carbamates (subject to hydrolysis) is 1. The van der Waals surface area contributed by atoms with Crippen LogP contribution in [-0.2, 0) is 19.3 Å². The zero-order valence-electron chi connectivity index (χ0n) is 14.9. The maximum Gasteiger partial charge on any atom is 0.408 e. The normalized spacial score (nSPS) is 16.3. The molecule has 1 amide bonds. The fourth-order valence-corrected chi connectivity index (χ4v) is 3.35. The third-order valence-corrected chi connectivity index (χ3v) is 4.67. The number of hydrogen-bond donors (Lipinski definition) is 3. The van der Waals surface area contributed by atoms with Crippen molar-refractivity contribution in [2.45, 2.75) is 66.0 Å². The lowest BCUT2D eigenvalue weighted by Gasteiger charge is -2.22. The predicted molar refractivity (Wildman–Crippen MR) is 90.1 cm³/mol. The molecule has 0 aliphatic carbocycles. The number of carboxylic acid groups (broad SMARTS) is 1. The maximum atomic E-state index is 12.2. The van der Waals surface area contributed by atoms with Crippen LogP contribution in [0, 0.1) is 10.2 Å². The van der Waals surface area contributed by atoms with Gasteiger partial charge in [-0.05, 0) is 39.0 Å². The summed E-state index contributed by atoms with van der Waals surface area (Å²) in [7, 11) is -2.87. The van der Waals surface area contributed by atoms with Crippen LogP contribution in [0.15, 0.2) is 0 Å². The molecule has 2 atom stereocenters. The minimum absolute atomic E-state index is 0.0370. The smallest absolute Gasteiger partial charge is 0.408 e. The Morgan fingerprint density at radius 2 is 1.70 bits per heavy atom. The molecule has 0 heterocycles. The summed E-state index contributed by atoms with van der Waals surface area (Å²) in [4.78, 5) is 22.9. The van der Waals surface area contributed by atoms with Gasteiger partial charge in [0.25, 0.3) is 0 Å². The highest BCUT2D eigenvalue weighted by molar-refractivity contribution is 7.92. The fourth-order valence-electron chi connectivity index (χ4n) is 1.59. The Balaban J connectivity index is 4.61. The number of amides is 1. The molecule has 0 aliphatic rings. The molecule has 0 aromatic carbocycles. The minimum Gasteiger partial charge on any atom is -0.480 e. The van der Waals surface area contributed by atoms with Gasteiger partial charge < -0.3 is 15.2 Å². The van der Waals surface area contributed by atoms with Gasteiger partial charge in [-0.15, -0.1) is 0 Å². The summed E-state index contributed by atoms with van der Waals surface area (Å²) in [5.41, 5.74) is -0.770. The SMILES string of the molecule is CC(C)(C)CCS(=N)(=O)CC[C@H](NC(=O)OC(C)(C)C)C(=O)O. The standard InChI is InChI=1S/C15H30N2O5S/c1-14(2,3)8-10-23(16,21)9-7-11(12(18)19)17-13(20)22-15(4,5)6/h11,16H,7-10H2,1-6H3,(H,17,20)(H,18,19)/t11-,23?/m0/s1. The van der Waals surface area contributed by atoms with E-state index >= 15 is 0 Å². The Bertz CT molecular complexity index is 515. The molecule has 0 aromatic rings. The molecule has 0 saturated heterocycles. The average molecular weight is 350 g/mol. The van der Waals surface area contributed by atoms with Crippen LogP contribution >= 0.6 is 0 Å². The lowest BCUT2D eigenvalue weighted by Crippen LogP contribution is -2.44. The zero-order chi connectivity index (χ0) is 18.5. The Hall–Kier alpha value is -1.31. The second kappa shape index (κ2) is 7.99. The van der Waals surface area contributed by atoms with Gasteiger partial charge in [-0.2, -0.15) is 0 Å². The fraction of sp³-hybridized carbons (Fsp3) is 0.867. The van der Waals surface area contributed by atoms with Crippen molar-refractivity contribution < 1.29 is 23.6 Å². The summed E-state index contributed by atoms with van der Waals surface area (Å²) in [6.07, 6.45) is -0.288. The average Bonchev–Trinajstić information content (AvgIpc) is 2.28. The third-order valence-electron chi connectivity index (χ3n) is 2.91. The number of rotatable bonds is 7. The number of aliphatic carboxylic acids is 1. The van der Waals surface area contributed by atoms with E-state index in [9.17, 15) is 13.8 Å². The van der Waals surface area contributed by atoms with Gasteiger partial charge in [-0.25, -0.2) is 13.8 Å². The van der Waals surface area contributed by atoms with Gasteiger partial charge in [-0.1, -0.05) is 20.8 Å². The van der Waals surface area contributed by atoms with Crippen LogP contribution in [0.2, 0.25) is 0 Å². The second-order valence-electron chi connectivity index (χ2n) is 7.86. The molecule has 0 spiro atoms. The lowest BCUT2D eigenvalue weighted by atomic mass is 9.94. The molecule has 136 valence electrons. The van der Waals surface area contributed by atoms with Crippen molar-refractivity contribution in [1.29, 1.82) is 4.78 Å². The molecule has 8 heteroatoms. The minimum atomic E-state index is -2.87. The number of carboxylic acids is 1. The van der Waals surface area contributed by atoms with E-state index in [1.165, 1.54) is 0 Å². The van der Waals surface area contributed by atoms with Crippen LogP contribution in [0.4, 0.5) is 4.79 Å². The molecule has 7 nitrogen and oxygen atoms in total. The van der Waals surface area contributed by atoms with Crippen LogP contribution in [0.5, 0.6) is 0 Å². The van der Waals surface area contributed by atoms with Gasteiger partial charge in [0.1, 0.15) is 11.6 Å². The van der Waals surface area contributed by atoms with Gasteiger partial charge in [0.05, 0.1) is 0 Å². The lowest BCUT2D eigenvalue weighted by molar-refractivity contribution is -0.139. The summed E-state index contributed by atoms with van der Waals surface area (Å²) >= 11 is 0. The highest BCUT2D eigenvalue weighted by Crippen LogP contribution is 2.20. The number of ether oxygens (including phenoxy) is 1. The number of carbonyl (C=O) groups is 2. The Labute approximate surface area is 139 Å². The van der Waals surface area contributed by atoms with Crippen molar-refractivity contribution in [3.05, 3.63) is 0 Å². The predicted octanol–water partition coefficient (Wildman–Crippen LogP) is 2.84. The summed E-state index contributed by atoms with van der Waals surface area (Å²) in [6, 6.07) is -1.22. The van der Waals surface area contributed by atoms with Crippen LogP contribution in [0.1, 0.15) is 54.4 Å².